The number of hydrogen-bond acceptors (Lipinski definition) is 6. The molecule has 0 bridgehead atoms. The summed E-state index contributed by atoms with van der Waals surface area (Å²) >= 11 is 7.75. The Balaban J connectivity index is 0.00000141. The molecular formula is C20H15BrClF3N4O3. The van der Waals surface area contributed by atoms with E-state index >= 15 is 0 Å². The summed E-state index contributed by atoms with van der Waals surface area (Å²) in [6, 6.07) is 7.37. The lowest BCUT2D eigenvalue weighted by atomic mass is 10.1. The largest absolute Gasteiger partial charge is 0.462 e. The van der Waals surface area contributed by atoms with Gasteiger partial charge in [-0.05, 0) is 41.1 Å². The zero-order valence-corrected chi connectivity index (χ0v) is 19.0. The van der Waals surface area contributed by atoms with Gasteiger partial charge in [-0.25, -0.2) is 9.78 Å². The molecule has 0 saturated carbocycles. The van der Waals surface area contributed by atoms with Gasteiger partial charge in [-0.2, -0.15) is 18.2 Å². The molecule has 0 N–H and O–H groups in total. The number of nitrogens with zero attached hydrogens (tertiary/aromatic N) is 4. The molecule has 0 fully saturated rings. The number of hydrogen-bond donors (Lipinski definition) is 0. The Morgan fingerprint density at radius 3 is 2.50 bits per heavy atom. The van der Waals surface area contributed by atoms with Crippen molar-refractivity contribution in [2.24, 2.45) is 0 Å². The quantitative estimate of drug-likeness (QED) is 0.242. The van der Waals surface area contributed by atoms with Gasteiger partial charge in [-0.1, -0.05) is 17.3 Å². The number of rotatable bonds is 4. The number of carbonyl (C=O) groups is 1. The standard InChI is InChI=1S/C19H12BrF3N4O3.CH3Cl/c1-2-29-18(28)11-5-3-10(4-6-11)15-25-17(30-26-15)14-9-27-8-12(19(21,22)23)7-13(20)16(27)24-14;1-2/h3-9H,2H2,1H3;1H3. The van der Waals surface area contributed by atoms with E-state index in [1.54, 1.807) is 31.2 Å². The molecule has 32 heavy (non-hydrogen) atoms. The monoisotopic (exact) mass is 530 g/mol. The lowest BCUT2D eigenvalue weighted by Crippen LogP contribution is -2.06. The summed E-state index contributed by atoms with van der Waals surface area (Å²) < 4.78 is 50.6. The highest BCUT2D eigenvalue weighted by Crippen LogP contribution is 2.33. The smallest absolute Gasteiger partial charge is 0.417 e. The number of pyridine rings is 1. The van der Waals surface area contributed by atoms with Crippen molar-refractivity contribution in [3.8, 4) is 23.0 Å². The number of imidazole rings is 1. The van der Waals surface area contributed by atoms with Gasteiger partial charge in [0.25, 0.3) is 5.89 Å². The first-order valence-electron chi connectivity index (χ1n) is 9.01. The Morgan fingerprint density at radius 2 is 1.88 bits per heavy atom. The average molecular weight is 532 g/mol. The van der Waals surface area contributed by atoms with Gasteiger partial charge in [0.15, 0.2) is 5.65 Å². The fourth-order valence-corrected chi connectivity index (χ4v) is 3.27. The molecular weight excluding hydrogens is 517 g/mol. The summed E-state index contributed by atoms with van der Waals surface area (Å²) in [5.41, 5.74) is 0.643. The molecule has 0 saturated heterocycles. The molecule has 3 heterocycles. The molecule has 0 atom stereocenters. The normalized spacial score (nSPS) is 11.2. The lowest BCUT2D eigenvalue weighted by Gasteiger charge is -2.07. The molecule has 7 nitrogen and oxygen atoms in total. The van der Waals surface area contributed by atoms with Gasteiger partial charge >= 0.3 is 12.1 Å². The topological polar surface area (TPSA) is 82.5 Å². The van der Waals surface area contributed by atoms with Crippen molar-refractivity contribution in [3.05, 3.63) is 58.3 Å². The van der Waals surface area contributed by atoms with E-state index in [2.05, 4.69) is 42.7 Å². The van der Waals surface area contributed by atoms with Crippen LogP contribution in [0.2, 0.25) is 0 Å². The van der Waals surface area contributed by atoms with Gasteiger partial charge in [-0.3, -0.25) is 0 Å². The van der Waals surface area contributed by atoms with Crippen LogP contribution < -0.4 is 0 Å². The highest BCUT2D eigenvalue weighted by molar-refractivity contribution is 9.10. The molecule has 12 heteroatoms. The molecule has 0 unspecified atom stereocenters. The highest BCUT2D eigenvalue weighted by Gasteiger charge is 2.32. The van der Waals surface area contributed by atoms with Crippen LogP contribution in [0.5, 0.6) is 0 Å². The van der Waals surface area contributed by atoms with Gasteiger partial charge in [0, 0.05) is 24.3 Å². The minimum absolute atomic E-state index is 0.0450. The molecule has 168 valence electrons. The van der Waals surface area contributed by atoms with Crippen molar-refractivity contribution in [2.75, 3.05) is 13.0 Å². The number of esters is 1. The molecule has 4 aromatic rings. The van der Waals surface area contributed by atoms with Crippen molar-refractivity contribution in [1.82, 2.24) is 19.5 Å². The predicted molar refractivity (Wildman–Crippen MR) is 114 cm³/mol. The number of carbonyl (C=O) groups excluding carboxylic acids is 1. The molecule has 1 aromatic carbocycles. The first-order chi connectivity index (χ1) is 15.3. The van der Waals surface area contributed by atoms with E-state index in [0.717, 1.165) is 12.3 Å². The van der Waals surface area contributed by atoms with Crippen LogP contribution in [-0.2, 0) is 10.9 Å². The summed E-state index contributed by atoms with van der Waals surface area (Å²) in [5.74, 6) is -0.150. The number of alkyl halides is 4. The Kier molecular flexibility index (Phi) is 7.19. The Bertz CT molecular complexity index is 1240. The number of aromatic nitrogens is 4. The molecule has 0 aliphatic rings. The number of halogens is 5. The van der Waals surface area contributed by atoms with E-state index in [9.17, 15) is 18.0 Å². The van der Waals surface area contributed by atoms with Crippen molar-refractivity contribution < 1.29 is 27.2 Å². The third kappa shape index (κ3) is 4.94. The second-order valence-corrected chi connectivity index (χ2v) is 7.01. The van der Waals surface area contributed by atoms with Crippen LogP contribution >= 0.6 is 27.5 Å². The number of ether oxygens (including phenoxy) is 1. The Hall–Kier alpha value is -2.92. The van der Waals surface area contributed by atoms with Crippen LogP contribution in [0.15, 0.2) is 51.7 Å². The van der Waals surface area contributed by atoms with E-state index in [4.69, 9.17) is 9.26 Å². The summed E-state index contributed by atoms with van der Waals surface area (Å²) in [5, 5.41) is 3.88. The highest BCUT2D eigenvalue weighted by atomic mass is 79.9. The van der Waals surface area contributed by atoms with Crippen molar-refractivity contribution in [1.29, 1.82) is 0 Å². The van der Waals surface area contributed by atoms with Crippen molar-refractivity contribution >= 4 is 39.1 Å². The molecule has 0 radical (unpaired) electrons. The van der Waals surface area contributed by atoms with Crippen LogP contribution in [0.25, 0.3) is 28.6 Å². The molecule has 4 rings (SSSR count). The predicted octanol–water partition coefficient (Wildman–Crippen LogP) is 5.86. The summed E-state index contributed by atoms with van der Waals surface area (Å²) in [7, 11) is 0. The number of benzene rings is 1. The van der Waals surface area contributed by atoms with Gasteiger partial charge < -0.3 is 13.7 Å². The maximum absolute atomic E-state index is 13.0. The van der Waals surface area contributed by atoms with E-state index in [-0.39, 0.29) is 34.1 Å². The van der Waals surface area contributed by atoms with Crippen LogP contribution in [0.1, 0.15) is 22.8 Å². The second-order valence-electron chi connectivity index (χ2n) is 6.15. The lowest BCUT2D eigenvalue weighted by molar-refractivity contribution is -0.137. The van der Waals surface area contributed by atoms with E-state index in [1.807, 2.05) is 0 Å². The van der Waals surface area contributed by atoms with E-state index in [1.165, 1.54) is 17.0 Å². The SMILES string of the molecule is CCOC(=O)c1ccc(-c2noc(-c3cn4cc(C(F)(F)F)cc(Br)c4n3)n2)cc1.CCl. The minimum atomic E-state index is -4.49. The van der Waals surface area contributed by atoms with Gasteiger partial charge in [-0.15, -0.1) is 11.6 Å². The number of fused-ring (bicyclic) bond motifs is 1. The fourth-order valence-electron chi connectivity index (χ4n) is 2.73. The van der Waals surface area contributed by atoms with Crippen molar-refractivity contribution in [2.45, 2.75) is 13.1 Å². The third-order valence-electron chi connectivity index (χ3n) is 4.13. The van der Waals surface area contributed by atoms with Gasteiger partial charge in [0.2, 0.25) is 5.82 Å². The zero-order valence-electron chi connectivity index (χ0n) is 16.7. The Labute approximate surface area is 193 Å². The fraction of sp³-hybridized carbons (Fsp3) is 0.200. The zero-order chi connectivity index (χ0) is 23.5. The molecule has 0 amide bonds. The van der Waals surface area contributed by atoms with Gasteiger partial charge in [0.1, 0.15) is 5.69 Å². The van der Waals surface area contributed by atoms with Crippen LogP contribution in [0.3, 0.4) is 0 Å². The van der Waals surface area contributed by atoms with Crippen molar-refractivity contribution in [3.63, 3.8) is 0 Å². The first kappa shape index (κ1) is 23.7. The van der Waals surface area contributed by atoms with E-state index in [0.29, 0.717) is 11.1 Å². The summed E-state index contributed by atoms with van der Waals surface area (Å²) in [6.07, 6.45) is -0.715. The van der Waals surface area contributed by atoms with Crippen LogP contribution in [0, 0.1) is 0 Å². The summed E-state index contributed by atoms with van der Waals surface area (Å²) in [6.45, 7) is 1.99. The second kappa shape index (κ2) is 9.70. The summed E-state index contributed by atoms with van der Waals surface area (Å²) in [4.78, 5) is 20.2. The Morgan fingerprint density at radius 1 is 1.19 bits per heavy atom. The molecule has 3 aromatic heterocycles. The molecule has 0 aliphatic carbocycles. The van der Waals surface area contributed by atoms with Crippen LogP contribution in [-0.4, -0.2) is 38.5 Å². The third-order valence-corrected chi connectivity index (χ3v) is 4.72. The van der Waals surface area contributed by atoms with Gasteiger partial charge in [0.05, 0.1) is 22.2 Å². The minimum Gasteiger partial charge on any atom is -0.462 e. The molecule has 0 spiro atoms. The average Bonchev–Trinajstić information content (AvgIpc) is 3.42. The van der Waals surface area contributed by atoms with E-state index < -0.39 is 17.7 Å². The first-order valence-corrected chi connectivity index (χ1v) is 10.6. The maximum atomic E-state index is 13.0. The maximum Gasteiger partial charge on any atom is 0.417 e. The molecule has 0 aliphatic heterocycles. The van der Waals surface area contributed by atoms with Crippen LogP contribution in [0.4, 0.5) is 13.2 Å².